The minimum atomic E-state index is -4.49. The van der Waals surface area contributed by atoms with Crippen LogP contribution in [0.25, 0.3) is 11.1 Å². The first-order chi connectivity index (χ1) is 15.3. The minimum absolute atomic E-state index is 0.0277. The summed E-state index contributed by atoms with van der Waals surface area (Å²) in [5, 5.41) is 0. The second kappa shape index (κ2) is 7.40. The lowest BCUT2D eigenvalue weighted by atomic mass is 9.95. The zero-order chi connectivity index (χ0) is 22.5. The van der Waals surface area contributed by atoms with Gasteiger partial charge in [0.1, 0.15) is 0 Å². The van der Waals surface area contributed by atoms with Crippen LogP contribution in [0.2, 0.25) is 0 Å². The van der Waals surface area contributed by atoms with Crippen molar-refractivity contribution in [3.8, 4) is 0 Å². The molecule has 0 bridgehead atoms. The molecule has 5 nitrogen and oxygen atoms in total. The third-order valence-electron chi connectivity index (χ3n) is 5.76. The monoisotopic (exact) mass is 438 g/mol. The first kappa shape index (κ1) is 20.1. The predicted octanol–water partition coefficient (Wildman–Crippen LogP) is 5.08. The van der Waals surface area contributed by atoms with Crippen molar-refractivity contribution >= 4 is 17.0 Å². The number of rotatable bonds is 4. The van der Waals surface area contributed by atoms with Gasteiger partial charge in [-0.2, -0.15) is 13.2 Å². The molecule has 8 heteroatoms. The van der Waals surface area contributed by atoms with Crippen LogP contribution in [0.3, 0.4) is 0 Å². The molecule has 4 aromatic rings. The largest absolute Gasteiger partial charge is 0.417 e. The maximum Gasteiger partial charge on any atom is 0.417 e. The van der Waals surface area contributed by atoms with Gasteiger partial charge < -0.3 is 9.32 Å². The summed E-state index contributed by atoms with van der Waals surface area (Å²) in [6.07, 6.45) is -4.46. The molecule has 162 valence electrons. The Morgan fingerprint density at radius 2 is 1.72 bits per heavy atom. The number of benzene rings is 3. The van der Waals surface area contributed by atoms with E-state index in [1.165, 1.54) is 12.1 Å². The zero-order valence-corrected chi connectivity index (χ0v) is 16.6. The molecule has 32 heavy (non-hydrogen) atoms. The molecule has 1 aliphatic rings. The number of amides is 1. The van der Waals surface area contributed by atoms with Gasteiger partial charge in [-0.15, -0.1) is 0 Å². The second-order valence-electron chi connectivity index (χ2n) is 7.74. The smallest absolute Gasteiger partial charge is 0.408 e. The van der Waals surface area contributed by atoms with E-state index in [9.17, 15) is 22.8 Å². The molecular weight excluding hydrogens is 421 g/mol. The van der Waals surface area contributed by atoms with Crippen molar-refractivity contribution in [1.29, 1.82) is 0 Å². The van der Waals surface area contributed by atoms with E-state index in [4.69, 9.17) is 4.42 Å². The number of hydrogen-bond acceptors (Lipinski definition) is 3. The summed E-state index contributed by atoms with van der Waals surface area (Å²) in [4.78, 5) is 28.7. The van der Waals surface area contributed by atoms with E-state index in [0.29, 0.717) is 27.8 Å². The molecule has 0 unspecified atom stereocenters. The summed E-state index contributed by atoms with van der Waals surface area (Å²) in [5.74, 6) is -0.825. The summed E-state index contributed by atoms with van der Waals surface area (Å²) < 4.78 is 45.8. The molecule has 1 aromatic heterocycles. The van der Waals surface area contributed by atoms with Gasteiger partial charge in [0.15, 0.2) is 5.58 Å². The Morgan fingerprint density at radius 3 is 2.53 bits per heavy atom. The van der Waals surface area contributed by atoms with Crippen LogP contribution in [0.5, 0.6) is 0 Å². The first-order valence-electron chi connectivity index (χ1n) is 9.98. The van der Waals surface area contributed by atoms with Crippen molar-refractivity contribution in [1.82, 2.24) is 9.88 Å². The number of nitrogens with one attached hydrogen (secondary N) is 1. The number of oxazole rings is 1. The van der Waals surface area contributed by atoms with Gasteiger partial charge in [0.05, 0.1) is 17.1 Å². The van der Waals surface area contributed by atoms with Gasteiger partial charge in [-0.05, 0) is 47.4 Å². The van der Waals surface area contributed by atoms with Crippen molar-refractivity contribution in [3.05, 3.63) is 105 Å². The number of alkyl halides is 3. The number of hydrogen-bond donors (Lipinski definition) is 1. The number of aromatic amines is 1. The molecule has 1 amide bonds. The van der Waals surface area contributed by atoms with E-state index < -0.39 is 23.5 Å². The molecule has 0 radical (unpaired) electrons. The highest BCUT2D eigenvalue weighted by Crippen LogP contribution is 2.40. The second-order valence-corrected chi connectivity index (χ2v) is 7.74. The standard InChI is InChI=1S/C24H17F3N2O3/c25-24(26,27)18-8-4-1-5-15(18)12-20-16-6-2-3-7-17(16)22(30)29(20)13-14-9-10-19-21(11-14)32-23(31)28-19/h1-11,20H,12-13H2,(H,28,31)/t20-/m0/s1. The summed E-state index contributed by atoms with van der Waals surface area (Å²) in [7, 11) is 0. The van der Waals surface area contributed by atoms with Crippen LogP contribution in [0.1, 0.15) is 38.7 Å². The highest BCUT2D eigenvalue weighted by Gasteiger charge is 2.39. The van der Waals surface area contributed by atoms with E-state index in [-0.39, 0.29) is 24.4 Å². The van der Waals surface area contributed by atoms with Gasteiger partial charge in [0.25, 0.3) is 5.91 Å². The van der Waals surface area contributed by atoms with Crippen LogP contribution in [0, 0.1) is 0 Å². The quantitative estimate of drug-likeness (QED) is 0.483. The number of carbonyl (C=O) groups is 1. The normalized spacial score (nSPS) is 16.0. The fraction of sp³-hybridized carbons (Fsp3) is 0.167. The van der Waals surface area contributed by atoms with Crippen LogP contribution in [0.4, 0.5) is 13.2 Å². The molecule has 0 saturated carbocycles. The average molecular weight is 438 g/mol. The number of carbonyl (C=O) groups excluding carboxylic acids is 1. The SMILES string of the molecule is O=C1c2ccccc2[C@H](Cc2ccccc2C(F)(F)F)N1Cc1ccc2[nH]c(=O)oc2c1. The molecule has 0 saturated heterocycles. The average Bonchev–Trinajstić information content (AvgIpc) is 3.25. The number of H-pyrrole nitrogens is 1. The van der Waals surface area contributed by atoms with Gasteiger partial charge in [-0.3, -0.25) is 9.78 Å². The number of halogens is 3. The van der Waals surface area contributed by atoms with Crippen molar-refractivity contribution in [2.75, 3.05) is 0 Å². The summed E-state index contributed by atoms with van der Waals surface area (Å²) >= 11 is 0. The molecule has 2 heterocycles. The van der Waals surface area contributed by atoms with E-state index in [1.807, 2.05) is 0 Å². The van der Waals surface area contributed by atoms with Gasteiger partial charge in [0.2, 0.25) is 0 Å². The van der Waals surface area contributed by atoms with E-state index in [2.05, 4.69) is 4.98 Å². The Bertz CT molecular complexity index is 1390. The molecule has 5 rings (SSSR count). The maximum absolute atomic E-state index is 13.6. The molecule has 0 fully saturated rings. The third kappa shape index (κ3) is 3.47. The predicted molar refractivity (Wildman–Crippen MR) is 111 cm³/mol. The van der Waals surface area contributed by atoms with Crippen molar-refractivity contribution < 1.29 is 22.4 Å². The first-order valence-corrected chi connectivity index (χ1v) is 9.98. The topological polar surface area (TPSA) is 66.3 Å². The molecule has 1 aliphatic heterocycles. The molecule has 0 aliphatic carbocycles. The van der Waals surface area contributed by atoms with Crippen LogP contribution in [0.15, 0.2) is 75.9 Å². The summed E-state index contributed by atoms with van der Waals surface area (Å²) in [5.41, 5.74) is 2.20. The Hall–Kier alpha value is -3.81. The van der Waals surface area contributed by atoms with Crippen LogP contribution in [-0.2, 0) is 19.1 Å². The van der Waals surface area contributed by atoms with E-state index in [1.54, 1.807) is 53.4 Å². The highest BCUT2D eigenvalue weighted by molar-refractivity contribution is 5.99. The Labute approximate surface area is 180 Å². The third-order valence-corrected chi connectivity index (χ3v) is 5.76. The Morgan fingerprint density at radius 1 is 0.969 bits per heavy atom. The number of nitrogens with zero attached hydrogens (tertiary/aromatic N) is 1. The molecule has 3 aromatic carbocycles. The van der Waals surface area contributed by atoms with Gasteiger partial charge >= 0.3 is 11.9 Å². The lowest BCUT2D eigenvalue weighted by Gasteiger charge is -2.27. The van der Waals surface area contributed by atoms with Crippen molar-refractivity contribution in [2.45, 2.75) is 25.2 Å². The Kier molecular flexibility index (Phi) is 4.65. The minimum Gasteiger partial charge on any atom is -0.408 e. The van der Waals surface area contributed by atoms with Gasteiger partial charge in [-0.1, -0.05) is 42.5 Å². The molecule has 1 N–H and O–H groups in total. The molecular formula is C24H17F3N2O3. The fourth-order valence-electron chi connectivity index (χ4n) is 4.32. The molecule has 0 spiro atoms. The Balaban J connectivity index is 1.54. The van der Waals surface area contributed by atoms with E-state index in [0.717, 1.165) is 6.07 Å². The number of aromatic nitrogens is 1. The highest BCUT2D eigenvalue weighted by atomic mass is 19.4. The fourth-order valence-corrected chi connectivity index (χ4v) is 4.32. The lowest BCUT2D eigenvalue weighted by molar-refractivity contribution is -0.138. The zero-order valence-electron chi connectivity index (χ0n) is 16.6. The van der Waals surface area contributed by atoms with Gasteiger partial charge in [0, 0.05) is 12.1 Å². The van der Waals surface area contributed by atoms with Crippen LogP contribution < -0.4 is 5.76 Å². The van der Waals surface area contributed by atoms with E-state index >= 15 is 0 Å². The lowest BCUT2D eigenvalue weighted by Crippen LogP contribution is -2.29. The van der Waals surface area contributed by atoms with Crippen LogP contribution >= 0.6 is 0 Å². The number of fused-ring (bicyclic) bond motifs is 2. The van der Waals surface area contributed by atoms with Crippen LogP contribution in [-0.4, -0.2) is 15.8 Å². The molecule has 1 atom stereocenters. The summed E-state index contributed by atoms with van der Waals surface area (Å²) in [6, 6.07) is 17.0. The maximum atomic E-state index is 13.6. The van der Waals surface area contributed by atoms with Crippen molar-refractivity contribution in [3.63, 3.8) is 0 Å². The van der Waals surface area contributed by atoms with Crippen molar-refractivity contribution in [2.24, 2.45) is 0 Å². The van der Waals surface area contributed by atoms with Gasteiger partial charge in [-0.25, -0.2) is 4.79 Å². The summed E-state index contributed by atoms with van der Waals surface area (Å²) in [6.45, 7) is 0.164.